The van der Waals surface area contributed by atoms with Crippen LogP contribution in [-0.2, 0) is 11.2 Å². The smallest absolute Gasteiger partial charge is 0.220 e. The van der Waals surface area contributed by atoms with Gasteiger partial charge in [-0.15, -0.1) is 11.3 Å². The quantitative estimate of drug-likeness (QED) is 0.796. The number of nitrogens with one attached hydrogen (secondary N) is 1. The van der Waals surface area contributed by atoms with Crippen LogP contribution in [0.2, 0.25) is 0 Å². The summed E-state index contributed by atoms with van der Waals surface area (Å²) in [6, 6.07) is 8.08. The lowest BCUT2D eigenvalue weighted by Crippen LogP contribution is -2.27. The van der Waals surface area contributed by atoms with Crippen molar-refractivity contribution in [1.29, 1.82) is 0 Å². The number of rotatable bonds is 7. The number of carbonyl (C=O) groups excluding carboxylic acids is 1. The van der Waals surface area contributed by atoms with E-state index in [-0.39, 0.29) is 5.91 Å². The van der Waals surface area contributed by atoms with E-state index in [4.69, 9.17) is 0 Å². The van der Waals surface area contributed by atoms with Crippen molar-refractivity contribution in [3.05, 3.63) is 29.3 Å². The Kier molecular flexibility index (Phi) is 5.49. The van der Waals surface area contributed by atoms with Gasteiger partial charge in [0.1, 0.15) is 0 Å². The molecule has 2 aromatic rings. The highest BCUT2D eigenvalue weighted by Gasteiger charge is 2.06. The zero-order valence-electron chi connectivity index (χ0n) is 12.1. The minimum atomic E-state index is 0.114. The lowest BCUT2D eigenvalue weighted by Gasteiger charge is -2.09. The molecule has 0 aliphatic rings. The van der Waals surface area contributed by atoms with Crippen molar-refractivity contribution in [3.8, 4) is 0 Å². The standard InChI is InChI=1S/C15H21N3OS/c1-18(2)11-5-10-16-14(19)8-9-15-17-12-6-3-4-7-13(12)20-15/h3-4,6-7H,5,8-11H2,1-2H3,(H,16,19). The van der Waals surface area contributed by atoms with Gasteiger partial charge in [0.15, 0.2) is 0 Å². The van der Waals surface area contributed by atoms with E-state index in [0.29, 0.717) is 6.42 Å². The SMILES string of the molecule is CN(C)CCCNC(=O)CCc1nc2ccccc2s1. The maximum atomic E-state index is 11.7. The highest BCUT2D eigenvalue weighted by molar-refractivity contribution is 7.18. The molecular weight excluding hydrogens is 270 g/mol. The molecule has 1 N–H and O–H groups in total. The van der Waals surface area contributed by atoms with E-state index in [9.17, 15) is 4.79 Å². The largest absolute Gasteiger partial charge is 0.356 e. The van der Waals surface area contributed by atoms with Crippen molar-refractivity contribution in [1.82, 2.24) is 15.2 Å². The molecule has 0 saturated heterocycles. The van der Waals surface area contributed by atoms with Crippen molar-refractivity contribution >= 4 is 27.5 Å². The predicted molar refractivity (Wildman–Crippen MR) is 84.1 cm³/mol. The number of nitrogens with zero attached hydrogens (tertiary/aromatic N) is 2. The molecule has 0 aliphatic heterocycles. The van der Waals surface area contributed by atoms with Crippen LogP contribution in [0.4, 0.5) is 0 Å². The maximum Gasteiger partial charge on any atom is 0.220 e. The fourth-order valence-corrected chi connectivity index (χ4v) is 2.93. The van der Waals surface area contributed by atoms with Crippen LogP contribution in [0.5, 0.6) is 0 Å². The van der Waals surface area contributed by atoms with E-state index in [2.05, 4.69) is 21.3 Å². The van der Waals surface area contributed by atoms with Gasteiger partial charge in [-0.3, -0.25) is 4.79 Å². The van der Waals surface area contributed by atoms with Gasteiger partial charge < -0.3 is 10.2 Å². The molecule has 4 nitrogen and oxygen atoms in total. The van der Waals surface area contributed by atoms with Gasteiger partial charge in [0.2, 0.25) is 5.91 Å². The van der Waals surface area contributed by atoms with E-state index in [0.717, 1.165) is 36.5 Å². The summed E-state index contributed by atoms with van der Waals surface area (Å²) in [6.45, 7) is 1.75. The first kappa shape index (κ1) is 14.9. The average Bonchev–Trinajstić information content (AvgIpc) is 2.84. The van der Waals surface area contributed by atoms with Gasteiger partial charge in [0.05, 0.1) is 15.2 Å². The summed E-state index contributed by atoms with van der Waals surface area (Å²) in [4.78, 5) is 18.4. The molecule has 2 rings (SSSR count). The number of fused-ring (bicyclic) bond motifs is 1. The Hall–Kier alpha value is -1.46. The average molecular weight is 291 g/mol. The van der Waals surface area contributed by atoms with Crippen molar-refractivity contribution < 1.29 is 4.79 Å². The normalized spacial score (nSPS) is 11.2. The van der Waals surface area contributed by atoms with Crippen LogP contribution in [0, 0.1) is 0 Å². The van der Waals surface area contributed by atoms with Crippen LogP contribution in [0.15, 0.2) is 24.3 Å². The Morgan fingerprint density at radius 2 is 2.15 bits per heavy atom. The number of hydrogen-bond donors (Lipinski definition) is 1. The van der Waals surface area contributed by atoms with Crippen LogP contribution in [-0.4, -0.2) is 43.0 Å². The number of carbonyl (C=O) groups is 1. The Balaban J connectivity index is 1.73. The molecule has 0 spiro atoms. The summed E-state index contributed by atoms with van der Waals surface area (Å²) in [7, 11) is 4.07. The van der Waals surface area contributed by atoms with E-state index >= 15 is 0 Å². The molecule has 0 aliphatic carbocycles. The summed E-state index contributed by atoms with van der Waals surface area (Å²) in [5.41, 5.74) is 1.03. The Labute approximate surface area is 123 Å². The second-order valence-electron chi connectivity index (χ2n) is 5.08. The molecule has 108 valence electrons. The van der Waals surface area contributed by atoms with E-state index in [1.165, 1.54) is 4.70 Å². The number of hydrogen-bond acceptors (Lipinski definition) is 4. The Morgan fingerprint density at radius 3 is 2.90 bits per heavy atom. The third-order valence-corrected chi connectivity index (χ3v) is 4.10. The van der Waals surface area contributed by atoms with Gasteiger partial charge in [-0.25, -0.2) is 4.98 Å². The molecule has 0 atom stereocenters. The summed E-state index contributed by atoms with van der Waals surface area (Å²) >= 11 is 1.67. The summed E-state index contributed by atoms with van der Waals surface area (Å²) in [5.74, 6) is 0.114. The van der Waals surface area contributed by atoms with Crippen molar-refractivity contribution in [2.45, 2.75) is 19.3 Å². The van der Waals surface area contributed by atoms with E-state index in [1.807, 2.05) is 32.3 Å². The van der Waals surface area contributed by atoms with Gasteiger partial charge in [-0.2, -0.15) is 0 Å². The fourth-order valence-electron chi connectivity index (χ4n) is 1.96. The molecule has 5 heteroatoms. The third-order valence-electron chi connectivity index (χ3n) is 3.01. The predicted octanol–water partition coefficient (Wildman–Crippen LogP) is 2.30. The molecule has 20 heavy (non-hydrogen) atoms. The molecule has 1 aromatic heterocycles. The lowest BCUT2D eigenvalue weighted by molar-refractivity contribution is -0.121. The number of aromatic nitrogens is 1. The summed E-state index contributed by atoms with van der Waals surface area (Å²) in [5, 5.41) is 3.99. The van der Waals surface area contributed by atoms with Gasteiger partial charge in [-0.1, -0.05) is 12.1 Å². The Morgan fingerprint density at radius 1 is 1.35 bits per heavy atom. The molecule has 0 radical (unpaired) electrons. The van der Waals surface area contributed by atoms with Gasteiger partial charge in [-0.05, 0) is 39.2 Å². The van der Waals surface area contributed by atoms with Crippen LogP contribution in [0.3, 0.4) is 0 Å². The number of aryl methyl sites for hydroxylation is 1. The van der Waals surface area contributed by atoms with Crippen molar-refractivity contribution in [2.24, 2.45) is 0 Å². The fraction of sp³-hybridized carbons (Fsp3) is 0.467. The van der Waals surface area contributed by atoms with Crippen LogP contribution in [0.1, 0.15) is 17.8 Å². The third kappa shape index (κ3) is 4.58. The zero-order chi connectivity index (χ0) is 14.4. The topological polar surface area (TPSA) is 45.2 Å². The first-order valence-electron chi connectivity index (χ1n) is 6.91. The van der Waals surface area contributed by atoms with E-state index < -0.39 is 0 Å². The van der Waals surface area contributed by atoms with Crippen LogP contribution >= 0.6 is 11.3 Å². The van der Waals surface area contributed by atoms with Gasteiger partial charge in [0.25, 0.3) is 0 Å². The molecule has 0 unspecified atom stereocenters. The van der Waals surface area contributed by atoms with Crippen molar-refractivity contribution in [3.63, 3.8) is 0 Å². The summed E-state index contributed by atoms with van der Waals surface area (Å²) in [6.07, 6.45) is 2.22. The number of benzene rings is 1. The molecule has 0 fully saturated rings. The molecule has 0 saturated carbocycles. The van der Waals surface area contributed by atoms with Gasteiger partial charge in [0, 0.05) is 19.4 Å². The first-order chi connectivity index (χ1) is 9.65. The van der Waals surface area contributed by atoms with Crippen LogP contribution in [0.25, 0.3) is 10.2 Å². The van der Waals surface area contributed by atoms with E-state index in [1.54, 1.807) is 11.3 Å². The van der Waals surface area contributed by atoms with Gasteiger partial charge >= 0.3 is 0 Å². The minimum Gasteiger partial charge on any atom is -0.356 e. The molecule has 1 aromatic carbocycles. The second-order valence-corrected chi connectivity index (χ2v) is 6.20. The summed E-state index contributed by atoms with van der Waals surface area (Å²) < 4.78 is 1.19. The highest BCUT2D eigenvalue weighted by Crippen LogP contribution is 2.22. The number of thiazole rings is 1. The maximum absolute atomic E-state index is 11.7. The van der Waals surface area contributed by atoms with Crippen molar-refractivity contribution in [2.75, 3.05) is 27.2 Å². The highest BCUT2D eigenvalue weighted by atomic mass is 32.1. The zero-order valence-corrected chi connectivity index (χ0v) is 12.9. The monoisotopic (exact) mass is 291 g/mol. The molecule has 1 amide bonds. The second kappa shape index (κ2) is 7.36. The number of para-hydroxylation sites is 1. The lowest BCUT2D eigenvalue weighted by atomic mass is 10.3. The molecular formula is C15H21N3OS. The minimum absolute atomic E-state index is 0.114. The molecule has 0 bridgehead atoms. The molecule has 1 heterocycles. The Bertz CT molecular complexity index is 532. The number of amides is 1. The van der Waals surface area contributed by atoms with Crippen LogP contribution < -0.4 is 5.32 Å². The first-order valence-corrected chi connectivity index (χ1v) is 7.72.